The lowest BCUT2D eigenvalue weighted by atomic mass is 9.94. The molecule has 3 heterocycles. The topological polar surface area (TPSA) is 82.3 Å². The Bertz CT molecular complexity index is 666. The number of aliphatic hydroxyl groups is 1. The molecule has 2 aromatic rings. The van der Waals surface area contributed by atoms with E-state index in [4.69, 9.17) is 12.2 Å². The number of aliphatic hydroxyl groups excluding tert-OH is 1. The van der Waals surface area contributed by atoms with E-state index in [1.807, 2.05) is 13.8 Å². The zero-order chi connectivity index (χ0) is 15.9. The van der Waals surface area contributed by atoms with E-state index in [1.165, 1.54) is 6.33 Å². The van der Waals surface area contributed by atoms with Gasteiger partial charge in [-0.3, -0.25) is 4.57 Å². The maximum Gasteiger partial charge on any atom is 0.165 e. The molecule has 0 saturated carbocycles. The molecule has 1 N–H and O–H groups in total. The third-order valence-electron chi connectivity index (χ3n) is 3.84. The van der Waals surface area contributed by atoms with Gasteiger partial charge in [0.2, 0.25) is 0 Å². The summed E-state index contributed by atoms with van der Waals surface area (Å²) >= 11 is 0. The highest BCUT2D eigenvalue weighted by atomic mass is 16.6. The summed E-state index contributed by atoms with van der Waals surface area (Å²) in [4.78, 5) is 12.6. The molecule has 3 rings (SSSR count). The van der Waals surface area contributed by atoms with E-state index in [-0.39, 0.29) is 12.5 Å². The molecule has 108 valence electrons. The van der Waals surface area contributed by atoms with E-state index in [0.717, 1.165) is 5.69 Å². The van der Waals surface area contributed by atoms with Crippen LogP contribution >= 0.6 is 0 Å². The molecule has 20 heavy (non-hydrogen) atoms. The molecule has 1 aliphatic rings. The Hall–Kier alpha value is -1.57. The number of rotatable bonds is 2. The smallest absolute Gasteiger partial charge is 0.165 e. The summed E-state index contributed by atoms with van der Waals surface area (Å²) in [6, 6.07) is 0. The predicted molar refractivity (Wildman–Crippen MR) is 71.0 cm³/mol. The minimum absolute atomic E-state index is 0.195. The van der Waals surface area contributed by atoms with Crippen LogP contribution in [0.4, 0.5) is 0 Å². The van der Waals surface area contributed by atoms with E-state index in [1.54, 1.807) is 10.9 Å². The van der Waals surface area contributed by atoms with Crippen LogP contribution in [0.2, 0.25) is 0 Å². The average Bonchev–Trinajstić information content (AvgIpc) is 2.89. The third kappa shape index (κ3) is 1.98. The molecule has 7 nitrogen and oxygen atoms in total. The van der Waals surface area contributed by atoms with E-state index >= 15 is 0 Å². The first-order valence-electron chi connectivity index (χ1n) is 7.58. The van der Waals surface area contributed by atoms with Crippen LogP contribution < -0.4 is 0 Å². The summed E-state index contributed by atoms with van der Waals surface area (Å²) in [6.45, 7) is 3.85. The Morgan fingerprint density at radius 2 is 2.45 bits per heavy atom. The average molecular weight is 281 g/mol. The lowest BCUT2D eigenvalue weighted by molar-refractivity contribution is -0.189. The summed E-state index contributed by atoms with van der Waals surface area (Å²) in [6.07, 6.45) is 1.04. The number of aryl methyl sites for hydroxylation is 1. The summed E-state index contributed by atoms with van der Waals surface area (Å²) in [5.74, 6) is -0.280. The number of aromatic nitrogens is 4. The molecule has 5 atom stereocenters. The molecule has 0 aromatic carbocycles. The summed E-state index contributed by atoms with van der Waals surface area (Å²) in [5, 5.41) is 10.5. The largest absolute Gasteiger partial charge is 0.388 e. The zero-order valence-corrected chi connectivity index (χ0v) is 11.3. The van der Waals surface area contributed by atoms with Gasteiger partial charge in [-0.2, -0.15) is 0 Å². The van der Waals surface area contributed by atoms with Gasteiger partial charge in [0.1, 0.15) is 17.9 Å². The summed E-state index contributed by atoms with van der Waals surface area (Å²) in [5.41, 5.74) is 2.03. The van der Waals surface area contributed by atoms with Crippen molar-refractivity contribution in [3.8, 4) is 0 Å². The van der Waals surface area contributed by atoms with Crippen molar-refractivity contribution in [3.63, 3.8) is 0 Å². The van der Waals surface area contributed by atoms with Gasteiger partial charge in [-0.05, 0) is 6.92 Å². The minimum Gasteiger partial charge on any atom is -0.388 e. The number of fused-ring (bicyclic) bond motifs is 1. The van der Waals surface area contributed by atoms with Crippen molar-refractivity contribution in [2.45, 2.75) is 32.3 Å². The molecule has 0 aliphatic carbocycles. The third-order valence-corrected chi connectivity index (χ3v) is 3.84. The van der Waals surface area contributed by atoms with Crippen molar-refractivity contribution >= 4 is 11.2 Å². The van der Waals surface area contributed by atoms with E-state index in [9.17, 15) is 5.11 Å². The highest BCUT2D eigenvalue weighted by Crippen LogP contribution is 2.31. The van der Waals surface area contributed by atoms with Crippen LogP contribution in [0.5, 0.6) is 0 Å². The molecule has 0 bridgehead atoms. The van der Waals surface area contributed by atoms with Crippen LogP contribution in [0.3, 0.4) is 0 Å². The lowest BCUT2D eigenvalue weighted by Gasteiger charge is -2.38. The van der Waals surface area contributed by atoms with Gasteiger partial charge in [0.05, 0.1) is 27.5 Å². The van der Waals surface area contributed by atoms with Gasteiger partial charge in [0.15, 0.2) is 11.9 Å². The maximum absolute atomic E-state index is 10.5. The molecule has 5 unspecified atom stereocenters. The van der Waals surface area contributed by atoms with Gasteiger partial charge in [0, 0.05) is 13.0 Å². The SMILES string of the molecule is [2H]C([3H])OC1COC(n2cnc3c(C)ncnc32)C(O)C1C. The van der Waals surface area contributed by atoms with Crippen molar-refractivity contribution in [1.82, 2.24) is 19.5 Å². The molecule has 0 radical (unpaired) electrons. The molecule has 1 aliphatic heterocycles. The van der Waals surface area contributed by atoms with Gasteiger partial charge in [-0.25, -0.2) is 15.0 Å². The standard InChI is InChI=1S/C13H18N4O3/c1-7-9(19-3)4-20-13(11(7)18)17-6-16-10-8(2)14-5-15-12(10)17/h5-7,9,11,13,18H,4H2,1-3H3/i3TD. The Labute approximate surface area is 119 Å². The molecular weight excluding hydrogens is 260 g/mol. The van der Waals surface area contributed by atoms with Gasteiger partial charge in [0.25, 0.3) is 0 Å². The van der Waals surface area contributed by atoms with Crippen molar-refractivity contribution < 1.29 is 17.3 Å². The summed E-state index contributed by atoms with van der Waals surface area (Å²) in [7, 11) is -1.40. The highest BCUT2D eigenvalue weighted by Gasteiger charge is 2.38. The first-order valence-corrected chi connectivity index (χ1v) is 6.43. The van der Waals surface area contributed by atoms with Crippen molar-refractivity contribution in [2.75, 3.05) is 13.7 Å². The first-order chi connectivity index (χ1) is 10.5. The van der Waals surface area contributed by atoms with Gasteiger partial charge < -0.3 is 14.6 Å². The molecule has 0 amide bonds. The lowest BCUT2D eigenvalue weighted by Crippen LogP contribution is -2.46. The zero-order valence-electron chi connectivity index (χ0n) is 13.3. The van der Waals surface area contributed by atoms with Crippen molar-refractivity contribution in [2.24, 2.45) is 5.92 Å². The molecule has 1 fully saturated rings. The second-order valence-electron chi connectivity index (χ2n) is 5.03. The van der Waals surface area contributed by atoms with Crippen LogP contribution in [0.1, 0.15) is 21.6 Å². The fourth-order valence-corrected chi connectivity index (χ4v) is 2.49. The quantitative estimate of drug-likeness (QED) is 0.871. The molecular formula is C13H18N4O3. The number of hydrogen-bond donors (Lipinski definition) is 1. The van der Waals surface area contributed by atoms with Gasteiger partial charge >= 0.3 is 0 Å². The van der Waals surface area contributed by atoms with Gasteiger partial charge in [-0.1, -0.05) is 6.92 Å². The summed E-state index contributed by atoms with van der Waals surface area (Å²) < 4.78 is 26.8. The van der Waals surface area contributed by atoms with Crippen LogP contribution in [-0.2, 0) is 9.47 Å². The number of nitrogens with zero attached hydrogens (tertiary/aromatic N) is 4. The fraction of sp³-hybridized carbons (Fsp3) is 0.615. The number of ether oxygens (including phenoxy) is 2. The van der Waals surface area contributed by atoms with Crippen LogP contribution in [0.15, 0.2) is 12.7 Å². The van der Waals surface area contributed by atoms with Crippen LogP contribution in [0, 0.1) is 12.8 Å². The molecule has 0 spiro atoms. The maximum atomic E-state index is 10.5. The normalized spacial score (nSPS) is 33.8. The van der Waals surface area contributed by atoms with Crippen molar-refractivity contribution in [3.05, 3.63) is 18.3 Å². The van der Waals surface area contributed by atoms with Gasteiger partial charge in [-0.15, -0.1) is 0 Å². The first kappa shape index (κ1) is 11.1. The number of hydrogen-bond acceptors (Lipinski definition) is 6. The highest BCUT2D eigenvalue weighted by molar-refractivity contribution is 5.72. The molecule has 7 heteroatoms. The second-order valence-corrected chi connectivity index (χ2v) is 5.03. The van der Waals surface area contributed by atoms with E-state index < -0.39 is 25.5 Å². The Morgan fingerprint density at radius 3 is 3.25 bits per heavy atom. The predicted octanol–water partition coefficient (Wildman–Crippen LogP) is 0.676. The second kappa shape index (κ2) is 5.08. The Balaban J connectivity index is 1.88. The van der Waals surface area contributed by atoms with Crippen molar-refractivity contribution in [1.29, 1.82) is 0 Å². The number of methoxy groups -OCH3 is 1. The van der Waals surface area contributed by atoms with E-state index in [2.05, 4.69) is 15.0 Å². The Kier molecular flexibility index (Phi) is 2.83. The minimum atomic E-state index is -1.40. The van der Waals surface area contributed by atoms with E-state index in [0.29, 0.717) is 11.2 Å². The van der Waals surface area contributed by atoms with Crippen LogP contribution in [-0.4, -0.2) is 50.5 Å². The number of imidazole rings is 1. The van der Waals surface area contributed by atoms with Crippen LogP contribution in [0.25, 0.3) is 11.2 Å². The molecule has 1 saturated heterocycles. The fourth-order valence-electron chi connectivity index (χ4n) is 2.49. The Morgan fingerprint density at radius 1 is 1.60 bits per heavy atom. The monoisotopic (exact) mass is 281 g/mol. The molecule has 2 aromatic heterocycles.